The number of ether oxygens (including phenoxy) is 2. The zero-order valence-corrected chi connectivity index (χ0v) is 17.4. The summed E-state index contributed by atoms with van der Waals surface area (Å²) in [5, 5.41) is 11.6. The van der Waals surface area contributed by atoms with Gasteiger partial charge in [-0.05, 0) is 50.5 Å². The van der Waals surface area contributed by atoms with Crippen LogP contribution in [0.15, 0.2) is 36.5 Å². The highest BCUT2D eigenvalue weighted by molar-refractivity contribution is 6.04. The average Bonchev–Trinajstić information content (AvgIpc) is 3.21. The molecule has 1 heterocycles. The molecule has 0 atom stereocenters. The molecule has 3 rings (SSSR count). The first-order chi connectivity index (χ1) is 14.4. The van der Waals surface area contributed by atoms with Crippen LogP contribution >= 0.6 is 0 Å². The van der Waals surface area contributed by atoms with Gasteiger partial charge in [0.2, 0.25) is 0 Å². The molecule has 1 aliphatic carbocycles. The molecule has 0 aliphatic heterocycles. The Bertz CT molecular complexity index is 874. The summed E-state index contributed by atoms with van der Waals surface area (Å²) in [5.41, 5.74) is 0.436. The minimum absolute atomic E-state index is 0.0418. The van der Waals surface area contributed by atoms with E-state index in [1.165, 1.54) is 44.0 Å². The van der Waals surface area contributed by atoms with Gasteiger partial charge in [0, 0.05) is 17.8 Å². The fourth-order valence-corrected chi connectivity index (χ4v) is 3.55. The highest BCUT2D eigenvalue weighted by Crippen LogP contribution is 2.29. The van der Waals surface area contributed by atoms with Crippen LogP contribution in [-0.2, 0) is 0 Å². The molecule has 1 aromatic heterocycles. The number of nitrogens with one attached hydrogen (secondary N) is 1. The second-order valence-electron chi connectivity index (χ2n) is 7.84. The van der Waals surface area contributed by atoms with E-state index in [0.717, 1.165) is 12.3 Å². The number of hydrogen-bond acceptors (Lipinski definition) is 5. The number of pyridine rings is 1. The fraction of sp³-hybridized carbons (Fsp3) is 0.435. The molecule has 1 amide bonds. The maximum Gasteiger partial charge on any atom is 0.337 e. The lowest BCUT2D eigenvalue weighted by molar-refractivity contribution is 0.0696. The average molecular weight is 412 g/mol. The van der Waals surface area contributed by atoms with Crippen molar-refractivity contribution in [3.63, 3.8) is 0 Å². The fourth-order valence-electron chi connectivity index (χ4n) is 3.55. The van der Waals surface area contributed by atoms with Crippen LogP contribution in [0.4, 0.5) is 5.82 Å². The lowest BCUT2D eigenvalue weighted by atomic mass is 10.1. The minimum atomic E-state index is -1.07. The molecular formula is C23H28N2O5. The van der Waals surface area contributed by atoms with E-state index in [9.17, 15) is 9.59 Å². The van der Waals surface area contributed by atoms with Gasteiger partial charge < -0.3 is 19.9 Å². The van der Waals surface area contributed by atoms with Crippen LogP contribution in [0.1, 0.15) is 66.7 Å². The smallest absolute Gasteiger partial charge is 0.337 e. The summed E-state index contributed by atoms with van der Waals surface area (Å²) in [6.45, 7) is 4.44. The summed E-state index contributed by atoms with van der Waals surface area (Å²) >= 11 is 0. The van der Waals surface area contributed by atoms with Gasteiger partial charge in [0.1, 0.15) is 17.3 Å². The molecule has 1 saturated carbocycles. The SMILES string of the molecule is CC(C)Oc1cc(OCCC2CCCC2)cc(C(=O)Nc2ccc(C(=O)O)cn2)c1. The molecule has 1 aliphatic rings. The third-order valence-corrected chi connectivity index (χ3v) is 5.04. The normalized spacial score (nSPS) is 14.0. The number of aromatic carboxylic acids is 1. The Morgan fingerprint density at radius 1 is 1.13 bits per heavy atom. The summed E-state index contributed by atoms with van der Waals surface area (Å²) in [6, 6.07) is 7.98. The first kappa shape index (κ1) is 21.6. The predicted molar refractivity (Wildman–Crippen MR) is 113 cm³/mol. The Labute approximate surface area is 176 Å². The van der Waals surface area contributed by atoms with Crippen LogP contribution in [0.5, 0.6) is 11.5 Å². The number of carbonyl (C=O) groups excluding carboxylic acids is 1. The van der Waals surface area contributed by atoms with Crippen molar-refractivity contribution in [2.24, 2.45) is 5.92 Å². The first-order valence-corrected chi connectivity index (χ1v) is 10.4. The largest absolute Gasteiger partial charge is 0.493 e. The van der Waals surface area contributed by atoms with E-state index in [4.69, 9.17) is 14.6 Å². The summed E-state index contributed by atoms with van der Waals surface area (Å²) in [6.07, 6.45) is 7.30. The third kappa shape index (κ3) is 6.20. The number of carbonyl (C=O) groups is 2. The summed E-state index contributed by atoms with van der Waals surface area (Å²) in [4.78, 5) is 27.6. The van der Waals surface area contributed by atoms with Gasteiger partial charge in [0.15, 0.2) is 0 Å². The highest BCUT2D eigenvalue weighted by atomic mass is 16.5. The van der Waals surface area contributed by atoms with Crippen molar-refractivity contribution < 1.29 is 24.2 Å². The number of carboxylic acid groups (broad SMARTS) is 1. The zero-order valence-electron chi connectivity index (χ0n) is 17.4. The van der Waals surface area contributed by atoms with E-state index in [0.29, 0.717) is 23.7 Å². The number of aromatic nitrogens is 1. The monoisotopic (exact) mass is 412 g/mol. The molecule has 2 N–H and O–H groups in total. The first-order valence-electron chi connectivity index (χ1n) is 10.4. The minimum Gasteiger partial charge on any atom is -0.493 e. The number of anilines is 1. The molecular weight excluding hydrogens is 384 g/mol. The Balaban J connectivity index is 1.70. The number of rotatable bonds is 9. The predicted octanol–water partition coefficient (Wildman–Crippen LogP) is 4.78. The molecule has 1 aromatic carbocycles. The number of nitrogens with zero attached hydrogens (tertiary/aromatic N) is 1. The molecule has 7 heteroatoms. The van der Waals surface area contributed by atoms with Crippen molar-refractivity contribution in [3.05, 3.63) is 47.7 Å². The quantitative estimate of drug-likeness (QED) is 0.615. The Hall–Kier alpha value is -3.09. The van der Waals surface area contributed by atoms with Crippen molar-refractivity contribution >= 4 is 17.7 Å². The molecule has 30 heavy (non-hydrogen) atoms. The van der Waals surface area contributed by atoms with Crippen molar-refractivity contribution in [3.8, 4) is 11.5 Å². The van der Waals surface area contributed by atoms with E-state index >= 15 is 0 Å². The van der Waals surface area contributed by atoms with Gasteiger partial charge >= 0.3 is 5.97 Å². The lowest BCUT2D eigenvalue weighted by Gasteiger charge is -2.15. The van der Waals surface area contributed by atoms with Gasteiger partial charge in [-0.25, -0.2) is 9.78 Å². The van der Waals surface area contributed by atoms with E-state index in [2.05, 4.69) is 10.3 Å². The number of benzene rings is 1. The van der Waals surface area contributed by atoms with Crippen molar-refractivity contribution in [1.82, 2.24) is 4.98 Å². The van der Waals surface area contributed by atoms with Crippen LogP contribution in [0.2, 0.25) is 0 Å². The summed E-state index contributed by atoms with van der Waals surface area (Å²) in [5.74, 6) is 0.693. The van der Waals surface area contributed by atoms with Gasteiger partial charge in [-0.2, -0.15) is 0 Å². The van der Waals surface area contributed by atoms with Crippen molar-refractivity contribution in [2.75, 3.05) is 11.9 Å². The molecule has 2 aromatic rings. The number of carboxylic acids is 1. The Kier molecular flexibility index (Phi) is 7.27. The van der Waals surface area contributed by atoms with Gasteiger partial charge in [0.05, 0.1) is 18.3 Å². The van der Waals surface area contributed by atoms with Crippen LogP contribution < -0.4 is 14.8 Å². The molecule has 0 bridgehead atoms. The summed E-state index contributed by atoms with van der Waals surface area (Å²) in [7, 11) is 0. The van der Waals surface area contributed by atoms with Crippen LogP contribution in [0.3, 0.4) is 0 Å². The van der Waals surface area contributed by atoms with Crippen LogP contribution in [0.25, 0.3) is 0 Å². The molecule has 7 nitrogen and oxygen atoms in total. The van der Waals surface area contributed by atoms with Gasteiger partial charge in [-0.15, -0.1) is 0 Å². The van der Waals surface area contributed by atoms with Crippen molar-refractivity contribution in [1.29, 1.82) is 0 Å². The van der Waals surface area contributed by atoms with Crippen LogP contribution in [-0.4, -0.2) is 34.7 Å². The second-order valence-corrected chi connectivity index (χ2v) is 7.84. The maximum atomic E-state index is 12.7. The van der Waals surface area contributed by atoms with E-state index < -0.39 is 5.97 Å². The van der Waals surface area contributed by atoms with Gasteiger partial charge in [-0.3, -0.25) is 4.79 Å². The Morgan fingerprint density at radius 2 is 1.87 bits per heavy atom. The molecule has 0 unspecified atom stereocenters. The lowest BCUT2D eigenvalue weighted by Crippen LogP contribution is -2.14. The van der Waals surface area contributed by atoms with Gasteiger partial charge in [0.25, 0.3) is 5.91 Å². The molecule has 160 valence electrons. The topological polar surface area (TPSA) is 97.8 Å². The standard InChI is InChI=1S/C23H28N2O5/c1-15(2)30-20-12-18(11-19(13-20)29-10-9-16-5-3-4-6-16)22(26)25-21-8-7-17(14-24-21)23(27)28/h7-8,11-16H,3-6,9-10H2,1-2H3,(H,27,28)(H,24,25,26). The maximum absolute atomic E-state index is 12.7. The number of amides is 1. The Morgan fingerprint density at radius 3 is 2.50 bits per heavy atom. The second kappa shape index (κ2) is 10.1. The summed E-state index contributed by atoms with van der Waals surface area (Å²) < 4.78 is 11.7. The van der Waals surface area contributed by atoms with E-state index in [1.807, 2.05) is 13.8 Å². The molecule has 0 spiro atoms. The number of hydrogen-bond donors (Lipinski definition) is 2. The molecule has 1 fully saturated rings. The van der Waals surface area contributed by atoms with E-state index in [1.54, 1.807) is 18.2 Å². The molecule has 0 radical (unpaired) electrons. The van der Waals surface area contributed by atoms with Crippen LogP contribution in [0, 0.1) is 5.92 Å². The van der Waals surface area contributed by atoms with E-state index in [-0.39, 0.29) is 23.4 Å². The highest BCUT2D eigenvalue weighted by Gasteiger charge is 2.16. The van der Waals surface area contributed by atoms with Gasteiger partial charge in [-0.1, -0.05) is 25.7 Å². The third-order valence-electron chi connectivity index (χ3n) is 5.04. The molecule has 0 saturated heterocycles. The van der Waals surface area contributed by atoms with Crippen molar-refractivity contribution in [2.45, 2.75) is 52.1 Å². The zero-order chi connectivity index (χ0) is 21.5.